The van der Waals surface area contributed by atoms with E-state index in [0.717, 1.165) is 25.9 Å². The molecule has 0 aromatic rings. The Kier molecular flexibility index (Phi) is 3.46. The monoisotopic (exact) mass is 247 g/mol. The van der Waals surface area contributed by atoms with E-state index in [4.69, 9.17) is 0 Å². The molecule has 1 saturated heterocycles. The van der Waals surface area contributed by atoms with Crippen LogP contribution in [0.1, 0.15) is 12.8 Å². The van der Waals surface area contributed by atoms with E-state index in [1.54, 1.807) is 4.90 Å². The first-order valence-corrected chi connectivity index (χ1v) is 7.11. The number of hydrogen-bond acceptors (Lipinski definition) is 4. The zero-order valence-corrected chi connectivity index (χ0v) is 9.92. The van der Waals surface area contributed by atoms with E-state index in [2.05, 4.69) is 10.0 Å². The lowest BCUT2D eigenvalue weighted by molar-refractivity contribution is -0.130. The standard InChI is InChI=1S/C9H17N3O3S/c13-9(12-5-3-10-4-6-12)7-11-16(14,15)8-1-2-8/h8,10-11H,1-7H2. The van der Waals surface area contributed by atoms with Gasteiger partial charge in [-0.25, -0.2) is 13.1 Å². The van der Waals surface area contributed by atoms with E-state index in [1.807, 2.05) is 0 Å². The molecule has 6 nitrogen and oxygen atoms in total. The minimum atomic E-state index is -3.23. The van der Waals surface area contributed by atoms with Gasteiger partial charge in [-0.2, -0.15) is 0 Å². The van der Waals surface area contributed by atoms with E-state index >= 15 is 0 Å². The molecule has 0 aromatic heterocycles. The van der Waals surface area contributed by atoms with Crippen LogP contribution in [0, 0.1) is 0 Å². The molecule has 1 aliphatic carbocycles. The third-order valence-electron chi connectivity index (χ3n) is 2.86. The molecule has 0 radical (unpaired) electrons. The van der Waals surface area contributed by atoms with Gasteiger partial charge in [-0.05, 0) is 12.8 Å². The summed E-state index contributed by atoms with van der Waals surface area (Å²) in [5.74, 6) is -0.134. The van der Waals surface area contributed by atoms with Crippen LogP contribution in [0.4, 0.5) is 0 Å². The molecule has 92 valence electrons. The van der Waals surface area contributed by atoms with Gasteiger partial charge >= 0.3 is 0 Å². The Balaban J connectivity index is 1.78. The van der Waals surface area contributed by atoms with Crippen molar-refractivity contribution in [2.45, 2.75) is 18.1 Å². The molecule has 2 rings (SSSR count). The maximum absolute atomic E-state index is 11.7. The van der Waals surface area contributed by atoms with Crippen molar-refractivity contribution in [1.29, 1.82) is 0 Å². The van der Waals surface area contributed by atoms with Crippen LogP contribution >= 0.6 is 0 Å². The highest BCUT2D eigenvalue weighted by Gasteiger charge is 2.35. The van der Waals surface area contributed by atoms with Crippen molar-refractivity contribution in [2.75, 3.05) is 32.7 Å². The molecule has 16 heavy (non-hydrogen) atoms. The fourth-order valence-electron chi connectivity index (χ4n) is 1.68. The summed E-state index contributed by atoms with van der Waals surface area (Å²) in [6.45, 7) is 2.77. The first-order valence-electron chi connectivity index (χ1n) is 5.56. The Morgan fingerprint density at radius 1 is 1.31 bits per heavy atom. The van der Waals surface area contributed by atoms with Gasteiger partial charge in [-0.3, -0.25) is 4.79 Å². The van der Waals surface area contributed by atoms with Crippen molar-refractivity contribution in [3.8, 4) is 0 Å². The number of nitrogens with one attached hydrogen (secondary N) is 2. The minimum absolute atomic E-state index is 0.0984. The summed E-state index contributed by atoms with van der Waals surface area (Å²) in [4.78, 5) is 13.3. The van der Waals surface area contributed by atoms with Crippen molar-refractivity contribution in [1.82, 2.24) is 14.9 Å². The predicted molar refractivity (Wildman–Crippen MR) is 59.4 cm³/mol. The van der Waals surface area contributed by atoms with Crippen molar-refractivity contribution in [3.05, 3.63) is 0 Å². The number of hydrogen-bond donors (Lipinski definition) is 2. The molecular weight excluding hydrogens is 230 g/mol. The van der Waals surface area contributed by atoms with E-state index < -0.39 is 10.0 Å². The molecule has 0 aromatic carbocycles. The average Bonchev–Trinajstić information content (AvgIpc) is 3.11. The van der Waals surface area contributed by atoms with Gasteiger partial charge in [-0.1, -0.05) is 0 Å². The van der Waals surface area contributed by atoms with Gasteiger partial charge < -0.3 is 10.2 Å². The summed E-state index contributed by atoms with van der Waals surface area (Å²) in [7, 11) is -3.23. The largest absolute Gasteiger partial charge is 0.339 e. The predicted octanol–water partition coefficient (Wildman–Crippen LogP) is -1.50. The second kappa shape index (κ2) is 4.68. The summed E-state index contributed by atoms with van der Waals surface area (Å²) in [5, 5.41) is 2.88. The lowest BCUT2D eigenvalue weighted by Crippen LogP contribution is -2.49. The summed E-state index contributed by atoms with van der Waals surface area (Å²) >= 11 is 0. The summed E-state index contributed by atoms with van der Waals surface area (Å²) < 4.78 is 25.4. The lowest BCUT2D eigenvalue weighted by Gasteiger charge is -2.27. The average molecular weight is 247 g/mol. The second-order valence-corrected chi connectivity index (χ2v) is 6.24. The highest BCUT2D eigenvalue weighted by Crippen LogP contribution is 2.27. The molecule has 2 N–H and O–H groups in total. The lowest BCUT2D eigenvalue weighted by atomic mass is 10.3. The van der Waals surface area contributed by atoms with Gasteiger partial charge in [0.25, 0.3) is 0 Å². The normalized spacial score (nSPS) is 22.1. The number of amides is 1. The van der Waals surface area contributed by atoms with E-state index in [-0.39, 0.29) is 17.7 Å². The molecule has 7 heteroatoms. The number of sulfonamides is 1. The number of piperazine rings is 1. The first kappa shape index (κ1) is 11.8. The molecule has 1 saturated carbocycles. The third-order valence-corrected chi connectivity index (χ3v) is 4.75. The van der Waals surface area contributed by atoms with E-state index in [1.165, 1.54) is 0 Å². The van der Waals surface area contributed by atoms with E-state index in [0.29, 0.717) is 13.1 Å². The van der Waals surface area contributed by atoms with Crippen LogP contribution in [0.15, 0.2) is 0 Å². The summed E-state index contributed by atoms with van der Waals surface area (Å²) in [6, 6.07) is 0. The smallest absolute Gasteiger partial charge is 0.237 e. The van der Waals surface area contributed by atoms with Crippen LogP contribution in [0.2, 0.25) is 0 Å². The molecule has 0 atom stereocenters. The Morgan fingerprint density at radius 3 is 2.50 bits per heavy atom. The second-order valence-electron chi connectivity index (χ2n) is 4.20. The fraction of sp³-hybridized carbons (Fsp3) is 0.889. The fourth-order valence-corrected chi connectivity index (χ4v) is 3.00. The zero-order chi connectivity index (χ0) is 11.6. The Hall–Kier alpha value is -0.660. The number of carbonyl (C=O) groups is 1. The van der Waals surface area contributed by atoms with Crippen molar-refractivity contribution in [2.24, 2.45) is 0 Å². The van der Waals surface area contributed by atoms with Gasteiger partial charge in [0.15, 0.2) is 0 Å². The molecule has 1 aliphatic heterocycles. The topological polar surface area (TPSA) is 78.5 Å². The number of nitrogens with zero attached hydrogens (tertiary/aromatic N) is 1. The van der Waals surface area contributed by atoms with Crippen molar-refractivity contribution < 1.29 is 13.2 Å². The van der Waals surface area contributed by atoms with Gasteiger partial charge in [0.2, 0.25) is 15.9 Å². The van der Waals surface area contributed by atoms with Crippen LogP contribution in [-0.2, 0) is 14.8 Å². The third kappa shape index (κ3) is 2.93. The summed E-state index contributed by atoms with van der Waals surface area (Å²) in [6.07, 6.45) is 1.44. The maximum atomic E-state index is 11.7. The van der Waals surface area contributed by atoms with Crippen LogP contribution in [0.3, 0.4) is 0 Å². The molecule has 0 unspecified atom stereocenters. The Labute approximate surface area is 95.4 Å². The first-order chi connectivity index (χ1) is 7.59. The SMILES string of the molecule is O=C(CNS(=O)(=O)C1CC1)N1CCNCC1. The Bertz CT molecular complexity index is 358. The van der Waals surface area contributed by atoms with Gasteiger partial charge in [0.1, 0.15) is 0 Å². The molecule has 2 aliphatic rings. The van der Waals surface area contributed by atoms with Gasteiger partial charge in [0, 0.05) is 26.2 Å². The van der Waals surface area contributed by atoms with Crippen molar-refractivity contribution >= 4 is 15.9 Å². The molecule has 2 fully saturated rings. The summed E-state index contributed by atoms with van der Waals surface area (Å²) in [5.41, 5.74) is 0. The van der Waals surface area contributed by atoms with Crippen LogP contribution in [-0.4, -0.2) is 57.2 Å². The molecular formula is C9H17N3O3S. The number of rotatable bonds is 4. The van der Waals surface area contributed by atoms with Gasteiger partial charge in [0.05, 0.1) is 11.8 Å². The zero-order valence-electron chi connectivity index (χ0n) is 9.11. The molecule has 0 spiro atoms. The van der Waals surface area contributed by atoms with Crippen LogP contribution in [0.25, 0.3) is 0 Å². The van der Waals surface area contributed by atoms with Crippen LogP contribution < -0.4 is 10.0 Å². The quantitative estimate of drug-likeness (QED) is 0.634. The van der Waals surface area contributed by atoms with Crippen LogP contribution in [0.5, 0.6) is 0 Å². The minimum Gasteiger partial charge on any atom is -0.339 e. The van der Waals surface area contributed by atoms with Crippen molar-refractivity contribution in [3.63, 3.8) is 0 Å². The van der Waals surface area contributed by atoms with E-state index in [9.17, 15) is 13.2 Å². The van der Waals surface area contributed by atoms with Gasteiger partial charge in [-0.15, -0.1) is 0 Å². The number of carbonyl (C=O) groups excluding carboxylic acids is 1. The molecule has 1 heterocycles. The maximum Gasteiger partial charge on any atom is 0.237 e. The highest BCUT2D eigenvalue weighted by atomic mass is 32.2. The highest BCUT2D eigenvalue weighted by molar-refractivity contribution is 7.90. The Morgan fingerprint density at radius 2 is 1.94 bits per heavy atom. The molecule has 0 bridgehead atoms. The molecule has 1 amide bonds.